The summed E-state index contributed by atoms with van der Waals surface area (Å²) in [5.41, 5.74) is 1.66. The molecule has 0 spiro atoms. The summed E-state index contributed by atoms with van der Waals surface area (Å²) in [6, 6.07) is 13.7. The molecule has 20 heavy (non-hydrogen) atoms. The van der Waals surface area contributed by atoms with Gasteiger partial charge in [0.15, 0.2) is 0 Å². The van der Waals surface area contributed by atoms with Gasteiger partial charge in [0.05, 0.1) is 12.7 Å². The normalized spacial score (nSPS) is 12.2. The van der Waals surface area contributed by atoms with Crippen molar-refractivity contribution in [2.45, 2.75) is 25.9 Å². The van der Waals surface area contributed by atoms with E-state index in [2.05, 4.69) is 0 Å². The van der Waals surface area contributed by atoms with E-state index in [0.29, 0.717) is 18.8 Å². The van der Waals surface area contributed by atoms with E-state index in [1.807, 2.05) is 31.2 Å². The van der Waals surface area contributed by atoms with Crippen LogP contribution >= 0.6 is 0 Å². The molecular formula is C17H19FO2. The third-order valence-electron chi connectivity index (χ3n) is 3.08. The van der Waals surface area contributed by atoms with Crippen molar-refractivity contribution in [2.75, 3.05) is 6.61 Å². The van der Waals surface area contributed by atoms with Crippen LogP contribution in [0.5, 0.6) is 5.75 Å². The van der Waals surface area contributed by atoms with Crippen LogP contribution in [0.4, 0.5) is 4.39 Å². The van der Waals surface area contributed by atoms with E-state index in [4.69, 9.17) is 4.74 Å². The van der Waals surface area contributed by atoms with Gasteiger partial charge in [-0.25, -0.2) is 4.39 Å². The minimum absolute atomic E-state index is 0.269. The van der Waals surface area contributed by atoms with Gasteiger partial charge in [-0.1, -0.05) is 37.3 Å². The molecule has 0 saturated heterocycles. The molecule has 0 amide bonds. The standard InChI is InChI=1S/C17H19FO2/c1-2-11-20-17-6-4-3-5-15(17)16(19)12-13-7-9-14(18)10-8-13/h3-10,16,19H,2,11-12H2,1H3. The van der Waals surface area contributed by atoms with E-state index in [9.17, 15) is 9.50 Å². The highest BCUT2D eigenvalue weighted by atomic mass is 19.1. The second kappa shape index (κ2) is 7.06. The largest absolute Gasteiger partial charge is 0.493 e. The van der Waals surface area contributed by atoms with Crippen LogP contribution in [-0.2, 0) is 6.42 Å². The Morgan fingerprint density at radius 2 is 1.80 bits per heavy atom. The average Bonchev–Trinajstić information content (AvgIpc) is 2.47. The maximum Gasteiger partial charge on any atom is 0.125 e. The lowest BCUT2D eigenvalue weighted by Gasteiger charge is -2.16. The summed E-state index contributed by atoms with van der Waals surface area (Å²) in [7, 11) is 0. The summed E-state index contributed by atoms with van der Waals surface area (Å²) in [6.07, 6.45) is 0.698. The van der Waals surface area contributed by atoms with Gasteiger partial charge in [0, 0.05) is 12.0 Å². The Morgan fingerprint density at radius 3 is 2.50 bits per heavy atom. The van der Waals surface area contributed by atoms with Crippen LogP contribution in [0, 0.1) is 5.82 Å². The first kappa shape index (κ1) is 14.5. The molecule has 2 rings (SSSR count). The number of rotatable bonds is 6. The van der Waals surface area contributed by atoms with Crippen LogP contribution in [-0.4, -0.2) is 11.7 Å². The molecular weight excluding hydrogens is 255 g/mol. The predicted molar refractivity (Wildman–Crippen MR) is 77.3 cm³/mol. The lowest BCUT2D eigenvalue weighted by Crippen LogP contribution is -2.06. The smallest absolute Gasteiger partial charge is 0.125 e. The second-order valence-corrected chi connectivity index (χ2v) is 4.73. The quantitative estimate of drug-likeness (QED) is 0.866. The highest BCUT2D eigenvalue weighted by Gasteiger charge is 2.13. The molecule has 0 heterocycles. The molecule has 3 heteroatoms. The van der Waals surface area contributed by atoms with Crippen LogP contribution in [0.25, 0.3) is 0 Å². The Labute approximate surface area is 118 Å². The lowest BCUT2D eigenvalue weighted by atomic mass is 10.0. The number of halogens is 1. The molecule has 1 atom stereocenters. The molecule has 0 aromatic heterocycles. The molecule has 1 unspecified atom stereocenters. The molecule has 0 bridgehead atoms. The fourth-order valence-corrected chi connectivity index (χ4v) is 2.05. The number of para-hydroxylation sites is 1. The van der Waals surface area contributed by atoms with E-state index in [1.165, 1.54) is 12.1 Å². The predicted octanol–water partition coefficient (Wildman–Crippen LogP) is 3.89. The molecule has 1 N–H and O–H groups in total. The average molecular weight is 274 g/mol. The zero-order valence-electron chi connectivity index (χ0n) is 11.6. The Hall–Kier alpha value is -1.87. The molecule has 2 aromatic rings. The highest BCUT2D eigenvalue weighted by molar-refractivity contribution is 5.36. The van der Waals surface area contributed by atoms with E-state index in [-0.39, 0.29) is 5.82 Å². The molecule has 0 fully saturated rings. The molecule has 0 aliphatic heterocycles. The Morgan fingerprint density at radius 1 is 1.10 bits per heavy atom. The van der Waals surface area contributed by atoms with E-state index < -0.39 is 6.10 Å². The summed E-state index contributed by atoms with van der Waals surface area (Å²) in [4.78, 5) is 0. The molecule has 0 saturated carbocycles. The van der Waals surface area contributed by atoms with Gasteiger partial charge in [0.1, 0.15) is 11.6 Å². The van der Waals surface area contributed by atoms with Crippen LogP contribution in [0.3, 0.4) is 0 Å². The number of ether oxygens (including phenoxy) is 1. The van der Waals surface area contributed by atoms with Crippen molar-refractivity contribution in [1.29, 1.82) is 0 Å². The fourth-order valence-electron chi connectivity index (χ4n) is 2.05. The summed E-state index contributed by atoms with van der Waals surface area (Å²) in [6.45, 7) is 2.66. The summed E-state index contributed by atoms with van der Waals surface area (Å²) < 4.78 is 18.5. The number of benzene rings is 2. The van der Waals surface area contributed by atoms with Crippen molar-refractivity contribution in [3.63, 3.8) is 0 Å². The zero-order valence-corrected chi connectivity index (χ0v) is 11.6. The zero-order chi connectivity index (χ0) is 14.4. The Bertz CT molecular complexity index is 537. The maximum atomic E-state index is 12.9. The van der Waals surface area contributed by atoms with E-state index >= 15 is 0 Å². The Balaban J connectivity index is 2.12. The second-order valence-electron chi connectivity index (χ2n) is 4.73. The summed E-state index contributed by atoms with van der Waals surface area (Å²) in [5.74, 6) is 0.443. The highest BCUT2D eigenvalue weighted by Crippen LogP contribution is 2.27. The molecule has 0 aliphatic carbocycles. The third kappa shape index (κ3) is 3.81. The van der Waals surface area contributed by atoms with Crippen LogP contribution < -0.4 is 4.74 Å². The van der Waals surface area contributed by atoms with Gasteiger partial charge in [0.25, 0.3) is 0 Å². The molecule has 0 radical (unpaired) electrons. The van der Waals surface area contributed by atoms with Gasteiger partial charge in [0.2, 0.25) is 0 Å². The first-order valence-corrected chi connectivity index (χ1v) is 6.85. The molecule has 0 aliphatic rings. The van der Waals surface area contributed by atoms with Gasteiger partial charge in [-0.3, -0.25) is 0 Å². The molecule has 2 nitrogen and oxygen atoms in total. The molecule has 106 valence electrons. The lowest BCUT2D eigenvalue weighted by molar-refractivity contribution is 0.171. The van der Waals surface area contributed by atoms with Crippen molar-refractivity contribution >= 4 is 0 Å². The maximum absolute atomic E-state index is 12.9. The first-order chi connectivity index (χ1) is 9.70. The number of aliphatic hydroxyl groups excluding tert-OH is 1. The topological polar surface area (TPSA) is 29.5 Å². The summed E-state index contributed by atoms with van der Waals surface area (Å²) in [5, 5.41) is 10.3. The SMILES string of the molecule is CCCOc1ccccc1C(O)Cc1ccc(F)cc1. The van der Waals surface area contributed by atoms with Crippen molar-refractivity contribution in [2.24, 2.45) is 0 Å². The van der Waals surface area contributed by atoms with Crippen LogP contribution in [0.2, 0.25) is 0 Å². The van der Waals surface area contributed by atoms with E-state index in [0.717, 1.165) is 17.5 Å². The van der Waals surface area contributed by atoms with Crippen molar-refractivity contribution in [1.82, 2.24) is 0 Å². The van der Waals surface area contributed by atoms with Gasteiger partial charge in [-0.15, -0.1) is 0 Å². The fraction of sp³-hybridized carbons (Fsp3) is 0.294. The van der Waals surface area contributed by atoms with Crippen LogP contribution in [0.1, 0.15) is 30.6 Å². The van der Waals surface area contributed by atoms with E-state index in [1.54, 1.807) is 12.1 Å². The number of hydrogen-bond donors (Lipinski definition) is 1. The minimum Gasteiger partial charge on any atom is -0.493 e. The third-order valence-corrected chi connectivity index (χ3v) is 3.08. The first-order valence-electron chi connectivity index (χ1n) is 6.85. The molecule has 2 aromatic carbocycles. The summed E-state index contributed by atoms with van der Waals surface area (Å²) >= 11 is 0. The van der Waals surface area contributed by atoms with Gasteiger partial charge >= 0.3 is 0 Å². The minimum atomic E-state index is -0.659. The van der Waals surface area contributed by atoms with Crippen molar-refractivity contribution < 1.29 is 14.2 Å². The van der Waals surface area contributed by atoms with Crippen LogP contribution in [0.15, 0.2) is 48.5 Å². The van der Waals surface area contributed by atoms with Crippen molar-refractivity contribution in [3.05, 3.63) is 65.5 Å². The van der Waals surface area contributed by atoms with Gasteiger partial charge in [-0.2, -0.15) is 0 Å². The van der Waals surface area contributed by atoms with Crippen molar-refractivity contribution in [3.8, 4) is 5.75 Å². The number of hydrogen-bond acceptors (Lipinski definition) is 2. The monoisotopic (exact) mass is 274 g/mol. The number of aliphatic hydroxyl groups is 1. The van der Waals surface area contributed by atoms with Gasteiger partial charge in [-0.05, 0) is 30.2 Å². The van der Waals surface area contributed by atoms with Gasteiger partial charge < -0.3 is 9.84 Å². The Kier molecular flexibility index (Phi) is 5.13.